The molecule has 0 saturated heterocycles. The quantitative estimate of drug-likeness (QED) is 0.824. The van der Waals surface area contributed by atoms with Crippen LogP contribution < -0.4 is 0 Å². The summed E-state index contributed by atoms with van der Waals surface area (Å²) in [5.41, 5.74) is 0.866. The third-order valence-electron chi connectivity index (χ3n) is 2.12. The van der Waals surface area contributed by atoms with Crippen molar-refractivity contribution in [1.29, 1.82) is 0 Å². The minimum atomic E-state index is -0.950. The maximum absolute atomic E-state index is 10.9. The van der Waals surface area contributed by atoms with Gasteiger partial charge in [0.15, 0.2) is 0 Å². The van der Waals surface area contributed by atoms with Crippen molar-refractivity contribution in [1.82, 2.24) is 9.97 Å². The molecule has 15 heavy (non-hydrogen) atoms. The van der Waals surface area contributed by atoms with Crippen molar-refractivity contribution in [2.75, 3.05) is 0 Å². The second kappa shape index (κ2) is 4.87. The second-order valence-corrected chi connectivity index (χ2v) is 3.80. The number of nitrogens with zero attached hydrogens (tertiary/aromatic N) is 2. The molecule has 0 amide bonds. The first-order valence-electron chi connectivity index (χ1n) is 5.15. The summed E-state index contributed by atoms with van der Waals surface area (Å²) in [6.45, 7) is 5.99. The smallest absolute Gasteiger partial charge is 0.339 e. The molecule has 0 bridgehead atoms. The average molecular weight is 208 g/mol. The van der Waals surface area contributed by atoms with E-state index in [1.807, 2.05) is 20.8 Å². The molecular formula is C11H16N2O2. The van der Waals surface area contributed by atoms with E-state index in [1.54, 1.807) is 0 Å². The molecule has 1 aromatic rings. The van der Waals surface area contributed by atoms with Gasteiger partial charge in [-0.05, 0) is 6.42 Å². The van der Waals surface area contributed by atoms with Crippen molar-refractivity contribution in [2.24, 2.45) is 0 Å². The number of carboxylic acids is 1. The molecule has 82 valence electrons. The number of aryl methyl sites for hydroxylation is 1. The first kappa shape index (κ1) is 11.6. The van der Waals surface area contributed by atoms with E-state index in [2.05, 4.69) is 9.97 Å². The Morgan fingerprint density at radius 3 is 2.67 bits per heavy atom. The highest BCUT2D eigenvalue weighted by Crippen LogP contribution is 2.13. The number of hydrogen-bond donors (Lipinski definition) is 1. The molecule has 0 aliphatic carbocycles. The topological polar surface area (TPSA) is 63.1 Å². The molecule has 0 spiro atoms. The Bertz CT molecular complexity index is 362. The molecule has 1 aromatic heterocycles. The predicted molar refractivity (Wildman–Crippen MR) is 57.1 cm³/mol. The Hall–Kier alpha value is -1.45. The zero-order valence-electron chi connectivity index (χ0n) is 9.32. The van der Waals surface area contributed by atoms with E-state index in [-0.39, 0.29) is 11.5 Å². The van der Waals surface area contributed by atoms with E-state index in [9.17, 15) is 4.79 Å². The van der Waals surface area contributed by atoms with Crippen LogP contribution in [-0.4, -0.2) is 21.0 Å². The first-order chi connectivity index (χ1) is 7.06. The zero-order valence-corrected chi connectivity index (χ0v) is 9.32. The Balaban J connectivity index is 3.14. The van der Waals surface area contributed by atoms with E-state index in [4.69, 9.17) is 5.11 Å². The summed E-state index contributed by atoms with van der Waals surface area (Å²) in [7, 11) is 0. The fourth-order valence-electron chi connectivity index (χ4n) is 1.32. The minimum Gasteiger partial charge on any atom is -0.478 e. The summed E-state index contributed by atoms with van der Waals surface area (Å²) in [5, 5.41) is 8.94. The minimum absolute atomic E-state index is 0.223. The van der Waals surface area contributed by atoms with E-state index < -0.39 is 5.97 Å². The summed E-state index contributed by atoms with van der Waals surface area (Å²) in [4.78, 5) is 19.2. The first-order valence-corrected chi connectivity index (χ1v) is 5.15. The van der Waals surface area contributed by atoms with Crippen LogP contribution in [0.15, 0.2) is 6.20 Å². The SMILES string of the molecule is CCCc1nc(C(C)C)ncc1C(=O)O. The average Bonchev–Trinajstić information content (AvgIpc) is 2.17. The Labute approximate surface area is 89.4 Å². The monoisotopic (exact) mass is 208 g/mol. The highest BCUT2D eigenvalue weighted by molar-refractivity contribution is 5.88. The van der Waals surface area contributed by atoms with E-state index in [0.717, 1.165) is 6.42 Å². The lowest BCUT2D eigenvalue weighted by Crippen LogP contribution is -2.09. The van der Waals surface area contributed by atoms with E-state index >= 15 is 0 Å². The fraction of sp³-hybridized carbons (Fsp3) is 0.545. The lowest BCUT2D eigenvalue weighted by Gasteiger charge is -2.08. The van der Waals surface area contributed by atoms with E-state index in [1.165, 1.54) is 6.20 Å². The molecule has 4 heteroatoms. The zero-order chi connectivity index (χ0) is 11.4. The van der Waals surface area contributed by atoms with Crippen molar-refractivity contribution in [3.8, 4) is 0 Å². The molecule has 0 aliphatic rings. The summed E-state index contributed by atoms with van der Waals surface area (Å²) in [6, 6.07) is 0. The van der Waals surface area contributed by atoms with Crippen LogP contribution >= 0.6 is 0 Å². The van der Waals surface area contributed by atoms with Crippen LogP contribution in [-0.2, 0) is 6.42 Å². The van der Waals surface area contributed by atoms with Crippen molar-refractivity contribution < 1.29 is 9.90 Å². The molecule has 1 rings (SSSR count). The number of carboxylic acid groups (broad SMARTS) is 1. The van der Waals surface area contributed by atoms with Crippen molar-refractivity contribution in [3.05, 3.63) is 23.3 Å². The number of rotatable bonds is 4. The Morgan fingerprint density at radius 1 is 1.53 bits per heavy atom. The van der Waals surface area contributed by atoms with Gasteiger partial charge in [-0.25, -0.2) is 14.8 Å². The Kier molecular flexibility index (Phi) is 3.77. The third kappa shape index (κ3) is 2.75. The van der Waals surface area contributed by atoms with Crippen LogP contribution in [0, 0.1) is 0 Å². The highest BCUT2D eigenvalue weighted by Gasteiger charge is 2.13. The van der Waals surface area contributed by atoms with Gasteiger partial charge in [0.05, 0.1) is 11.3 Å². The molecule has 0 aliphatic heterocycles. The van der Waals surface area contributed by atoms with Crippen LogP contribution in [0.3, 0.4) is 0 Å². The molecule has 0 fully saturated rings. The van der Waals surface area contributed by atoms with Crippen molar-refractivity contribution in [2.45, 2.75) is 39.5 Å². The molecule has 0 saturated carbocycles. The lowest BCUT2D eigenvalue weighted by atomic mass is 10.1. The maximum atomic E-state index is 10.9. The number of aromatic carboxylic acids is 1. The molecule has 1 N–H and O–H groups in total. The number of hydrogen-bond acceptors (Lipinski definition) is 3. The molecular weight excluding hydrogens is 192 g/mol. The largest absolute Gasteiger partial charge is 0.478 e. The van der Waals surface area contributed by atoms with Crippen LogP contribution in [0.4, 0.5) is 0 Å². The van der Waals surface area contributed by atoms with Crippen LogP contribution in [0.2, 0.25) is 0 Å². The standard InChI is InChI=1S/C11H16N2O2/c1-4-5-9-8(11(14)15)6-12-10(13-9)7(2)3/h6-7H,4-5H2,1-3H3,(H,14,15). The lowest BCUT2D eigenvalue weighted by molar-refractivity contribution is 0.0694. The molecule has 0 radical (unpaired) electrons. The van der Waals surface area contributed by atoms with Gasteiger partial charge in [-0.3, -0.25) is 0 Å². The predicted octanol–water partition coefficient (Wildman–Crippen LogP) is 2.25. The summed E-state index contributed by atoms with van der Waals surface area (Å²) >= 11 is 0. The molecule has 0 atom stereocenters. The molecule has 0 unspecified atom stereocenters. The second-order valence-electron chi connectivity index (χ2n) is 3.80. The van der Waals surface area contributed by atoms with Gasteiger partial charge in [0.2, 0.25) is 0 Å². The number of aromatic nitrogens is 2. The fourth-order valence-corrected chi connectivity index (χ4v) is 1.32. The van der Waals surface area contributed by atoms with Crippen LogP contribution in [0.25, 0.3) is 0 Å². The Morgan fingerprint density at radius 2 is 2.20 bits per heavy atom. The number of carbonyl (C=O) groups is 1. The summed E-state index contributed by atoms with van der Waals surface area (Å²) < 4.78 is 0. The molecule has 0 aromatic carbocycles. The highest BCUT2D eigenvalue weighted by atomic mass is 16.4. The van der Waals surface area contributed by atoms with Gasteiger partial charge in [-0.1, -0.05) is 27.2 Å². The van der Waals surface area contributed by atoms with Crippen LogP contribution in [0.1, 0.15) is 55.0 Å². The van der Waals surface area contributed by atoms with Gasteiger partial charge >= 0.3 is 5.97 Å². The third-order valence-corrected chi connectivity index (χ3v) is 2.12. The normalized spacial score (nSPS) is 10.7. The molecule has 1 heterocycles. The van der Waals surface area contributed by atoms with Crippen molar-refractivity contribution >= 4 is 5.97 Å². The van der Waals surface area contributed by atoms with Gasteiger partial charge in [0.1, 0.15) is 5.82 Å². The van der Waals surface area contributed by atoms with Crippen molar-refractivity contribution in [3.63, 3.8) is 0 Å². The van der Waals surface area contributed by atoms with E-state index in [0.29, 0.717) is 17.9 Å². The van der Waals surface area contributed by atoms with Gasteiger partial charge in [0.25, 0.3) is 0 Å². The van der Waals surface area contributed by atoms with Gasteiger partial charge in [-0.15, -0.1) is 0 Å². The maximum Gasteiger partial charge on any atom is 0.339 e. The van der Waals surface area contributed by atoms with Gasteiger partial charge in [-0.2, -0.15) is 0 Å². The summed E-state index contributed by atoms with van der Waals surface area (Å²) in [5.74, 6) is -0.0133. The van der Waals surface area contributed by atoms with Gasteiger partial charge < -0.3 is 5.11 Å². The summed E-state index contributed by atoms with van der Waals surface area (Å²) in [6.07, 6.45) is 2.98. The molecule has 4 nitrogen and oxygen atoms in total. The van der Waals surface area contributed by atoms with Gasteiger partial charge in [0, 0.05) is 12.1 Å². The van der Waals surface area contributed by atoms with Crippen LogP contribution in [0.5, 0.6) is 0 Å².